The number of hydrogen-bond donors (Lipinski definition) is 4. The molecule has 60 heavy (non-hydrogen) atoms. The van der Waals surface area contributed by atoms with Gasteiger partial charge in [0.25, 0.3) is 0 Å². The topological polar surface area (TPSA) is 246 Å². The van der Waals surface area contributed by atoms with Crippen LogP contribution in [0, 0.1) is 16.7 Å². The molecule has 0 aromatic heterocycles. The van der Waals surface area contributed by atoms with Crippen molar-refractivity contribution in [2.45, 2.75) is 115 Å². The van der Waals surface area contributed by atoms with Crippen molar-refractivity contribution in [3.05, 3.63) is 82.9 Å². The van der Waals surface area contributed by atoms with E-state index in [1.165, 1.54) is 26.0 Å². The maximum Gasteiger partial charge on any atom is 0.348 e. The van der Waals surface area contributed by atoms with Gasteiger partial charge in [-0.25, -0.2) is 9.59 Å². The van der Waals surface area contributed by atoms with Crippen LogP contribution in [-0.4, -0.2) is 105 Å². The normalized spacial score (nSPS) is 32.7. The molecule has 2 unspecified atom stereocenters. The van der Waals surface area contributed by atoms with Crippen molar-refractivity contribution in [1.82, 2.24) is 0 Å². The lowest BCUT2D eigenvalue weighted by Gasteiger charge is -2.67. The summed E-state index contributed by atoms with van der Waals surface area (Å²) in [6.07, 6.45) is -10.2. The van der Waals surface area contributed by atoms with Gasteiger partial charge >= 0.3 is 23.9 Å². The summed E-state index contributed by atoms with van der Waals surface area (Å²) < 4.78 is 34.7. The number of hydrogen-bond acceptors (Lipinski definition) is 18. The minimum atomic E-state index is -2.33. The Bertz CT molecular complexity index is 1980. The number of aliphatic hydroxyl groups excluding tert-OH is 2. The van der Waals surface area contributed by atoms with Gasteiger partial charge in [0.1, 0.15) is 30.0 Å². The molecule has 1 heterocycles. The average molecular weight is 858 g/mol. The van der Waals surface area contributed by atoms with E-state index in [4.69, 9.17) is 29.6 Å². The maximum absolute atomic E-state index is 15.0. The molecule has 3 fully saturated rings. The van der Waals surface area contributed by atoms with E-state index in [9.17, 15) is 34.5 Å². The fourth-order valence-electron chi connectivity index (χ4n) is 9.66. The molecule has 5 N–H and O–H groups in total. The molecule has 18 heteroatoms. The summed E-state index contributed by atoms with van der Waals surface area (Å²) in [5.74, 6) is -1.91. The van der Waals surface area contributed by atoms with Gasteiger partial charge in [-0.15, -0.1) is 9.32 Å². The predicted molar refractivity (Wildman–Crippen MR) is 208 cm³/mol. The van der Waals surface area contributed by atoms with Crippen molar-refractivity contribution in [3.8, 4) is 0 Å². The Kier molecular flexibility index (Phi) is 13.3. The number of nitrogens with two attached hydrogens (primary N) is 1. The van der Waals surface area contributed by atoms with E-state index in [1.54, 1.807) is 69.3 Å². The number of esters is 4. The molecule has 0 spiro atoms. The molecule has 11 atom stereocenters. The van der Waals surface area contributed by atoms with E-state index < -0.39 is 107 Å². The second kappa shape index (κ2) is 17.6. The van der Waals surface area contributed by atoms with Crippen LogP contribution < -0.4 is 5.90 Å². The highest BCUT2D eigenvalue weighted by atomic mass is 32.2. The zero-order valence-corrected chi connectivity index (χ0v) is 34.9. The van der Waals surface area contributed by atoms with Crippen LogP contribution in [0.2, 0.25) is 0 Å². The average Bonchev–Trinajstić information content (AvgIpc) is 3.21. The SMILES string of the molecule is CC(=O)O[C@@]12COC1C[C@H](O)[C@@]1(C)C(=O)[C@H](O)C3=C(C)[C@@H](OC(=O)[C@H](OC(=O)CCSOOON)[C@@H](C)c4ccccc4)C[C@](O)(C(OC(=O)c4ccccc4)[C@@H]12)C3(C)C. The molecule has 0 amide bonds. The van der Waals surface area contributed by atoms with E-state index >= 15 is 4.79 Å². The van der Waals surface area contributed by atoms with E-state index in [0.717, 1.165) is 6.92 Å². The van der Waals surface area contributed by atoms with Crippen LogP contribution >= 0.6 is 12.0 Å². The first-order valence-electron chi connectivity index (χ1n) is 19.5. The number of Topliss-reactive ketones (excluding diaryl/α,β-unsaturated/α-hetero) is 1. The molecule has 4 aliphatic rings. The number of carbonyl (C=O) groups is 5. The van der Waals surface area contributed by atoms with Crippen LogP contribution in [0.15, 0.2) is 71.8 Å². The van der Waals surface area contributed by atoms with Crippen LogP contribution in [0.4, 0.5) is 0 Å². The van der Waals surface area contributed by atoms with Crippen molar-refractivity contribution in [2.75, 3.05) is 12.4 Å². The standard InChI is InChI=1S/C42H51NO16S/c1-22(25-13-9-7-10-14-25)33(54-30(46)17-18-60-59-58-57-43)38(50)53-27-20-42(51)36(55-37(49)26-15-11-8-12-16-26)34-40(6,35(48)32(47)31(23(27)2)39(42,4)5)28(45)19-29-41(34,21-52-29)56-24(3)44/h7-16,22,27-29,32-34,36,45,47,51H,17-21,43H2,1-6H3/t22-,27-,28-,29?,32+,33+,34-,36?,40+,41-,42-/m0/s1. The molecular weight excluding hydrogens is 807 g/mol. The van der Waals surface area contributed by atoms with Gasteiger partial charge in [-0.2, -0.15) is 5.90 Å². The Morgan fingerprint density at radius 1 is 1.00 bits per heavy atom. The Balaban J connectivity index is 1.46. The molecule has 326 valence electrons. The maximum atomic E-state index is 15.0. The van der Waals surface area contributed by atoms with Crippen molar-refractivity contribution in [3.63, 3.8) is 0 Å². The minimum absolute atomic E-state index is 0.0180. The minimum Gasteiger partial charge on any atom is -0.455 e. The third kappa shape index (κ3) is 7.89. The van der Waals surface area contributed by atoms with Crippen LogP contribution in [0.5, 0.6) is 0 Å². The number of benzene rings is 2. The zero-order valence-electron chi connectivity index (χ0n) is 34.1. The second-order valence-corrected chi connectivity index (χ2v) is 17.3. The van der Waals surface area contributed by atoms with E-state index in [1.807, 2.05) is 0 Å². The van der Waals surface area contributed by atoms with Crippen LogP contribution in [-0.2, 0) is 57.2 Å². The number of ketones is 1. The Morgan fingerprint density at radius 2 is 1.65 bits per heavy atom. The summed E-state index contributed by atoms with van der Waals surface area (Å²) in [5, 5.41) is 41.8. The lowest BCUT2D eigenvalue weighted by Crippen LogP contribution is -2.81. The zero-order chi connectivity index (χ0) is 43.8. The van der Waals surface area contributed by atoms with E-state index in [0.29, 0.717) is 17.6 Å². The third-order valence-electron chi connectivity index (χ3n) is 13.0. The number of aliphatic hydroxyl groups is 3. The van der Waals surface area contributed by atoms with Gasteiger partial charge in [0.05, 0.1) is 36.0 Å². The molecule has 3 aliphatic carbocycles. The summed E-state index contributed by atoms with van der Waals surface area (Å²) in [7, 11) is 0. The van der Waals surface area contributed by atoms with Gasteiger partial charge < -0.3 is 39.0 Å². The predicted octanol–water partition coefficient (Wildman–Crippen LogP) is 3.14. The highest BCUT2D eigenvalue weighted by Crippen LogP contribution is 2.64. The lowest BCUT2D eigenvalue weighted by molar-refractivity contribution is -0.464. The summed E-state index contributed by atoms with van der Waals surface area (Å²) in [6, 6.07) is 16.6. The van der Waals surface area contributed by atoms with Crippen LogP contribution in [0.1, 0.15) is 82.6 Å². The second-order valence-electron chi connectivity index (χ2n) is 16.5. The number of ether oxygens (including phenoxy) is 5. The van der Waals surface area contributed by atoms with Crippen molar-refractivity contribution < 1.29 is 77.3 Å². The van der Waals surface area contributed by atoms with Gasteiger partial charge in [0.2, 0.25) is 6.10 Å². The number of fused-ring (bicyclic) bond motifs is 5. The monoisotopic (exact) mass is 857 g/mol. The molecule has 2 aromatic rings. The van der Waals surface area contributed by atoms with Gasteiger partial charge in [0.15, 0.2) is 11.4 Å². The molecule has 17 nitrogen and oxygen atoms in total. The lowest BCUT2D eigenvalue weighted by atomic mass is 9.44. The highest BCUT2D eigenvalue weighted by molar-refractivity contribution is 7.94. The van der Waals surface area contributed by atoms with Crippen molar-refractivity contribution in [1.29, 1.82) is 0 Å². The van der Waals surface area contributed by atoms with Crippen molar-refractivity contribution >= 4 is 41.7 Å². The molecule has 1 aliphatic heterocycles. The van der Waals surface area contributed by atoms with E-state index in [2.05, 4.69) is 14.4 Å². The number of rotatable bonds is 14. The number of carbonyl (C=O) groups excluding carboxylic acids is 5. The molecular formula is C42H51NO16S. The first-order valence-corrected chi connectivity index (χ1v) is 20.4. The quantitative estimate of drug-likeness (QED) is 0.0405. The fourth-order valence-corrected chi connectivity index (χ4v) is 10.1. The third-order valence-corrected chi connectivity index (χ3v) is 13.5. The molecule has 2 bridgehead atoms. The van der Waals surface area contributed by atoms with Crippen molar-refractivity contribution in [2.24, 2.45) is 22.6 Å². The van der Waals surface area contributed by atoms with Crippen LogP contribution in [0.3, 0.4) is 0 Å². The smallest absolute Gasteiger partial charge is 0.348 e. The highest BCUT2D eigenvalue weighted by Gasteiger charge is 2.78. The Hall–Kier alpha value is -4.24. The van der Waals surface area contributed by atoms with Gasteiger partial charge in [-0.3, -0.25) is 14.4 Å². The van der Waals surface area contributed by atoms with E-state index in [-0.39, 0.29) is 41.9 Å². The first kappa shape index (κ1) is 45.3. The molecule has 2 aromatic carbocycles. The molecule has 1 saturated heterocycles. The Labute approximate surface area is 350 Å². The summed E-state index contributed by atoms with van der Waals surface area (Å²) in [5.41, 5.74) is -6.81. The molecule has 6 rings (SSSR count). The summed E-state index contributed by atoms with van der Waals surface area (Å²) >= 11 is 0.689. The van der Waals surface area contributed by atoms with Crippen LogP contribution in [0.25, 0.3) is 0 Å². The van der Waals surface area contributed by atoms with Gasteiger partial charge in [-0.05, 0) is 47.7 Å². The summed E-state index contributed by atoms with van der Waals surface area (Å²) in [4.78, 5) is 73.5. The molecule has 2 saturated carbocycles. The Morgan fingerprint density at radius 3 is 2.25 bits per heavy atom. The molecule has 0 radical (unpaired) electrons. The largest absolute Gasteiger partial charge is 0.455 e. The summed E-state index contributed by atoms with van der Waals surface area (Å²) in [6.45, 7) is 8.60. The van der Waals surface area contributed by atoms with Gasteiger partial charge in [0, 0.05) is 48.9 Å². The first-order chi connectivity index (χ1) is 28.3. The van der Waals surface area contributed by atoms with Gasteiger partial charge in [-0.1, -0.05) is 69.3 Å². The fraction of sp³-hybridized carbons (Fsp3) is 0.548.